The molecule has 0 bridgehead atoms. The second-order valence-electron chi connectivity index (χ2n) is 9.25. The zero-order valence-corrected chi connectivity index (χ0v) is 21.6. The van der Waals surface area contributed by atoms with Gasteiger partial charge < -0.3 is 9.64 Å². The van der Waals surface area contributed by atoms with Gasteiger partial charge in [0.15, 0.2) is 24.1 Å². The molecule has 0 radical (unpaired) electrons. The van der Waals surface area contributed by atoms with Crippen LogP contribution in [0.2, 0.25) is 5.02 Å². The summed E-state index contributed by atoms with van der Waals surface area (Å²) in [5, 5.41) is 18.1. The van der Waals surface area contributed by atoms with Crippen LogP contribution in [0.1, 0.15) is 35.2 Å². The molecule has 0 aliphatic carbocycles. The molecule has 2 aliphatic rings. The van der Waals surface area contributed by atoms with Gasteiger partial charge in [0.05, 0.1) is 28.7 Å². The lowest BCUT2D eigenvalue weighted by molar-refractivity contribution is -0.152. The lowest BCUT2D eigenvalue weighted by atomic mass is 9.92. The highest BCUT2D eigenvalue weighted by Gasteiger charge is 2.44. The summed E-state index contributed by atoms with van der Waals surface area (Å²) in [6.45, 7) is -0.746. The summed E-state index contributed by atoms with van der Waals surface area (Å²) in [4.78, 5) is 44.1. The molecule has 16 heteroatoms. The number of ketones is 1. The van der Waals surface area contributed by atoms with Crippen LogP contribution in [0.4, 0.5) is 8.78 Å². The van der Waals surface area contributed by atoms with Crippen LogP contribution in [-0.2, 0) is 14.3 Å². The van der Waals surface area contributed by atoms with Crippen molar-refractivity contribution in [2.24, 2.45) is 0 Å². The monoisotopic (exact) mass is 581 g/mol. The highest BCUT2D eigenvalue weighted by atomic mass is 35.5. The quantitative estimate of drug-likeness (QED) is 0.234. The second-order valence-corrected chi connectivity index (χ2v) is 9.66. The fraction of sp³-hybridized carbons (Fsp3) is 0.240. The maximum absolute atomic E-state index is 15.2. The third-order valence-electron chi connectivity index (χ3n) is 6.93. The Morgan fingerprint density at radius 1 is 1.05 bits per heavy atom. The number of halogens is 3. The number of benzene rings is 1. The minimum atomic E-state index is -0.964. The number of pyridine rings is 1. The number of amides is 1. The van der Waals surface area contributed by atoms with Gasteiger partial charge in [-0.05, 0) is 53.5 Å². The van der Waals surface area contributed by atoms with Gasteiger partial charge in [0.2, 0.25) is 11.7 Å². The molecule has 1 unspecified atom stereocenters. The van der Waals surface area contributed by atoms with Gasteiger partial charge in [-0.2, -0.15) is 9.36 Å². The summed E-state index contributed by atoms with van der Waals surface area (Å²) < 4.78 is 37.7. The van der Waals surface area contributed by atoms with Gasteiger partial charge in [0, 0.05) is 23.9 Å². The van der Waals surface area contributed by atoms with Gasteiger partial charge in [0.25, 0.3) is 0 Å². The first-order chi connectivity index (χ1) is 19.8. The predicted octanol–water partition coefficient (Wildman–Crippen LogP) is 2.14. The van der Waals surface area contributed by atoms with Crippen LogP contribution in [0.15, 0.2) is 49.2 Å². The van der Waals surface area contributed by atoms with Crippen molar-refractivity contribution in [1.29, 1.82) is 0 Å². The van der Waals surface area contributed by atoms with E-state index in [1.807, 2.05) is 0 Å². The van der Waals surface area contributed by atoms with E-state index in [1.165, 1.54) is 46.6 Å². The third-order valence-corrected chi connectivity index (χ3v) is 7.22. The van der Waals surface area contributed by atoms with E-state index in [1.54, 1.807) is 6.07 Å². The van der Waals surface area contributed by atoms with Crippen LogP contribution in [-0.4, -0.2) is 81.4 Å². The maximum Gasteiger partial charge on any atom is 0.329 e. The number of rotatable bonds is 7. The zero-order chi connectivity index (χ0) is 28.7. The second kappa shape index (κ2) is 10.6. The Bertz CT molecular complexity index is 1700. The highest BCUT2D eigenvalue weighted by Crippen LogP contribution is 2.40. The Hall–Kier alpha value is -4.92. The van der Waals surface area contributed by atoms with Gasteiger partial charge in [-0.15, -0.1) is 10.2 Å². The van der Waals surface area contributed by atoms with Gasteiger partial charge >= 0.3 is 5.97 Å². The minimum absolute atomic E-state index is 0.0825. The zero-order valence-electron chi connectivity index (χ0n) is 20.9. The number of aromatic nitrogens is 8. The first-order valence-corrected chi connectivity index (χ1v) is 12.7. The number of esters is 1. The normalized spacial score (nSPS) is 18.3. The van der Waals surface area contributed by atoms with E-state index in [0.29, 0.717) is 17.7 Å². The Balaban J connectivity index is 1.18. The number of nitrogens with zero attached hydrogens (tertiary/aromatic N) is 9. The van der Waals surface area contributed by atoms with Crippen molar-refractivity contribution in [3.63, 3.8) is 0 Å². The Labute approximate surface area is 234 Å². The summed E-state index contributed by atoms with van der Waals surface area (Å²) in [6.07, 6.45) is 7.37. The summed E-state index contributed by atoms with van der Waals surface area (Å²) in [5.74, 6) is -4.04. The average molecular weight is 582 g/mol. The first kappa shape index (κ1) is 26.3. The molecule has 6 rings (SSSR count). The number of carbonyl (C=O) groups is 3. The Kier molecular flexibility index (Phi) is 6.78. The van der Waals surface area contributed by atoms with Crippen molar-refractivity contribution in [1.82, 2.24) is 45.1 Å². The molecule has 208 valence electrons. The number of Topliss-reactive ketones (excluding diaryl/α,β-unsaturated/α-hetero) is 1. The largest absolute Gasteiger partial charge is 0.456 e. The summed E-state index contributed by atoms with van der Waals surface area (Å²) >= 11 is 6.05. The smallest absolute Gasteiger partial charge is 0.329 e. The SMILES string of the molecule is O=C(COC(=O)C1CC[C@@H]2CC(c3c(-n4cnnn4)ccc(Cl)c3F)=CC(=O)N12)c1ccnc(-n2ccnn2)c1F. The average Bonchev–Trinajstić information content (AvgIpc) is 3.75. The van der Waals surface area contributed by atoms with Gasteiger partial charge in [-0.3, -0.25) is 9.59 Å². The van der Waals surface area contributed by atoms with E-state index >= 15 is 4.39 Å². The van der Waals surface area contributed by atoms with E-state index in [4.69, 9.17) is 16.3 Å². The fourth-order valence-electron chi connectivity index (χ4n) is 5.11. The van der Waals surface area contributed by atoms with E-state index in [0.717, 1.165) is 10.7 Å². The number of carbonyl (C=O) groups excluding carboxylic acids is 3. The molecule has 2 atom stereocenters. The molecule has 1 fully saturated rings. The van der Waals surface area contributed by atoms with Crippen LogP contribution in [0.25, 0.3) is 17.1 Å². The van der Waals surface area contributed by atoms with Gasteiger partial charge in [-0.25, -0.2) is 18.6 Å². The van der Waals surface area contributed by atoms with E-state index in [-0.39, 0.29) is 34.8 Å². The number of hydrogen-bond acceptors (Lipinski definition) is 10. The molecule has 0 saturated carbocycles. The van der Waals surface area contributed by atoms with Crippen LogP contribution in [0, 0.1) is 11.6 Å². The molecule has 1 aromatic carbocycles. The number of tetrazole rings is 1. The maximum atomic E-state index is 15.2. The molecule has 5 heterocycles. The number of fused-ring (bicyclic) bond motifs is 1. The third kappa shape index (κ3) is 4.73. The van der Waals surface area contributed by atoms with E-state index < -0.39 is 48.0 Å². The topological polar surface area (TPSA) is 151 Å². The van der Waals surface area contributed by atoms with Crippen molar-refractivity contribution in [2.45, 2.75) is 31.3 Å². The minimum Gasteiger partial charge on any atom is -0.456 e. The molecule has 3 aromatic heterocycles. The Morgan fingerprint density at radius 2 is 1.90 bits per heavy atom. The fourth-order valence-corrected chi connectivity index (χ4v) is 5.26. The highest BCUT2D eigenvalue weighted by molar-refractivity contribution is 6.31. The standard InChI is InChI=1S/C25H18ClF2N9O4/c26-16-2-4-17(36-12-31-32-34-36)21(23(16)28)13-9-14-1-3-18(37(14)20(39)10-13)25(40)41-11-19(38)15-5-6-29-24(22(15)27)35-8-7-30-33-35/h2,4-8,10,12,14,18H,1,3,9,11H2/t14-,18?/m1/s1. The molecule has 41 heavy (non-hydrogen) atoms. The van der Waals surface area contributed by atoms with Crippen molar-refractivity contribution in [3.8, 4) is 11.5 Å². The lowest BCUT2D eigenvalue weighted by Crippen LogP contribution is -2.47. The van der Waals surface area contributed by atoms with Crippen LogP contribution in [0.3, 0.4) is 0 Å². The first-order valence-electron chi connectivity index (χ1n) is 12.3. The molecule has 4 aromatic rings. The van der Waals surface area contributed by atoms with Crippen molar-refractivity contribution in [3.05, 3.63) is 77.0 Å². The molecular formula is C25H18ClF2N9O4. The van der Waals surface area contributed by atoms with Crippen molar-refractivity contribution >= 4 is 34.8 Å². The molecule has 2 aliphatic heterocycles. The summed E-state index contributed by atoms with van der Waals surface area (Å²) in [6, 6.07) is 2.68. The molecular weight excluding hydrogens is 564 g/mol. The van der Waals surface area contributed by atoms with E-state index in [2.05, 4.69) is 30.8 Å². The van der Waals surface area contributed by atoms with Gasteiger partial charge in [-0.1, -0.05) is 16.8 Å². The van der Waals surface area contributed by atoms with Crippen LogP contribution in [0.5, 0.6) is 0 Å². The lowest BCUT2D eigenvalue weighted by Gasteiger charge is -2.33. The predicted molar refractivity (Wildman–Crippen MR) is 135 cm³/mol. The number of ether oxygens (including phenoxy) is 1. The number of hydrogen-bond donors (Lipinski definition) is 0. The van der Waals surface area contributed by atoms with Crippen molar-refractivity contribution in [2.75, 3.05) is 6.61 Å². The molecule has 0 spiro atoms. The summed E-state index contributed by atoms with van der Waals surface area (Å²) in [7, 11) is 0. The molecule has 1 saturated heterocycles. The van der Waals surface area contributed by atoms with Crippen LogP contribution < -0.4 is 0 Å². The Morgan fingerprint density at radius 3 is 2.66 bits per heavy atom. The molecule has 13 nitrogen and oxygen atoms in total. The van der Waals surface area contributed by atoms with Crippen LogP contribution >= 0.6 is 11.6 Å². The molecule has 1 amide bonds. The molecule has 0 N–H and O–H groups in total. The van der Waals surface area contributed by atoms with E-state index in [9.17, 15) is 18.8 Å². The summed E-state index contributed by atoms with van der Waals surface area (Å²) in [5.41, 5.74) is 0.416. The van der Waals surface area contributed by atoms with Crippen molar-refractivity contribution < 1.29 is 27.9 Å². The van der Waals surface area contributed by atoms with Gasteiger partial charge in [0.1, 0.15) is 12.4 Å².